The van der Waals surface area contributed by atoms with Crippen molar-refractivity contribution in [3.05, 3.63) is 54.1 Å². The molecule has 1 aliphatic carbocycles. The number of aryl methyl sites for hydroxylation is 1. The first-order valence-electron chi connectivity index (χ1n) is 8.66. The SMILES string of the molecule is O=C(CCc1ccccc1)NC1CCC(Oc2ncc(F)cn2)CC1. The lowest BCUT2D eigenvalue weighted by Gasteiger charge is -2.28. The van der Waals surface area contributed by atoms with E-state index >= 15 is 0 Å². The topological polar surface area (TPSA) is 64.1 Å². The van der Waals surface area contributed by atoms with Gasteiger partial charge in [0.25, 0.3) is 0 Å². The molecular formula is C19H22FN3O2. The van der Waals surface area contributed by atoms with Crippen molar-refractivity contribution in [1.82, 2.24) is 15.3 Å². The maximum Gasteiger partial charge on any atom is 0.316 e. The Morgan fingerprint density at radius 2 is 1.80 bits per heavy atom. The Kier molecular flexibility index (Phi) is 5.93. The summed E-state index contributed by atoms with van der Waals surface area (Å²) in [7, 11) is 0. The van der Waals surface area contributed by atoms with Crippen LogP contribution in [0.3, 0.4) is 0 Å². The molecule has 0 radical (unpaired) electrons. The molecule has 1 amide bonds. The van der Waals surface area contributed by atoms with E-state index in [1.807, 2.05) is 30.3 Å². The summed E-state index contributed by atoms with van der Waals surface area (Å²) in [6, 6.07) is 10.4. The maximum atomic E-state index is 12.8. The third-order valence-corrected chi connectivity index (χ3v) is 4.39. The quantitative estimate of drug-likeness (QED) is 0.875. The number of hydrogen-bond acceptors (Lipinski definition) is 4. The lowest BCUT2D eigenvalue weighted by Crippen LogP contribution is -2.39. The Labute approximate surface area is 146 Å². The highest BCUT2D eigenvalue weighted by atomic mass is 19.1. The van der Waals surface area contributed by atoms with Gasteiger partial charge < -0.3 is 10.1 Å². The highest BCUT2D eigenvalue weighted by molar-refractivity contribution is 5.76. The summed E-state index contributed by atoms with van der Waals surface area (Å²) in [6.07, 6.45) is 6.85. The molecule has 132 valence electrons. The number of halogens is 1. The van der Waals surface area contributed by atoms with Gasteiger partial charge >= 0.3 is 6.01 Å². The van der Waals surface area contributed by atoms with Gasteiger partial charge in [0.15, 0.2) is 5.82 Å². The zero-order chi connectivity index (χ0) is 17.5. The average molecular weight is 343 g/mol. The van der Waals surface area contributed by atoms with Crippen molar-refractivity contribution in [2.45, 2.75) is 50.7 Å². The van der Waals surface area contributed by atoms with Crippen molar-refractivity contribution >= 4 is 5.91 Å². The Balaban J connectivity index is 1.37. The molecule has 1 fully saturated rings. The lowest BCUT2D eigenvalue weighted by molar-refractivity contribution is -0.122. The van der Waals surface area contributed by atoms with Gasteiger partial charge in [-0.15, -0.1) is 0 Å². The summed E-state index contributed by atoms with van der Waals surface area (Å²) in [6.45, 7) is 0. The normalized spacial score (nSPS) is 20.0. The fraction of sp³-hybridized carbons (Fsp3) is 0.421. The van der Waals surface area contributed by atoms with Gasteiger partial charge in [-0.25, -0.2) is 14.4 Å². The van der Waals surface area contributed by atoms with Crippen LogP contribution in [0.4, 0.5) is 4.39 Å². The highest BCUT2D eigenvalue weighted by Gasteiger charge is 2.24. The Bertz CT molecular complexity index is 671. The summed E-state index contributed by atoms with van der Waals surface area (Å²) >= 11 is 0. The van der Waals surface area contributed by atoms with E-state index in [0.717, 1.165) is 44.5 Å². The third kappa shape index (κ3) is 5.52. The second-order valence-corrected chi connectivity index (χ2v) is 6.33. The molecule has 3 rings (SSSR count). The molecule has 1 aliphatic rings. The van der Waals surface area contributed by atoms with Crippen LogP contribution in [0, 0.1) is 5.82 Å². The summed E-state index contributed by atoms with van der Waals surface area (Å²) < 4.78 is 18.5. The Hall–Kier alpha value is -2.50. The molecule has 5 nitrogen and oxygen atoms in total. The molecule has 1 aromatic heterocycles. The number of amides is 1. The number of carbonyl (C=O) groups excluding carboxylic acids is 1. The molecule has 0 atom stereocenters. The van der Waals surface area contributed by atoms with E-state index in [2.05, 4.69) is 15.3 Å². The summed E-state index contributed by atoms with van der Waals surface area (Å²) in [5.74, 6) is -0.385. The van der Waals surface area contributed by atoms with Crippen LogP contribution in [0.25, 0.3) is 0 Å². The minimum absolute atomic E-state index is 0.0166. The summed E-state index contributed by atoms with van der Waals surface area (Å²) in [5, 5.41) is 3.11. The minimum Gasteiger partial charge on any atom is -0.460 e. The van der Waals surface area contributed by atoms with Crippen molar-refractivity contribution in [2.24, 2.45) is 0 Å². The zero-order valence-corrected chi connectivity index (χ0v) is 14.0. The summed E-state index contributed by atoms with van der Waals surface area (Å²) in [5.41, 5.74) is 1.18. The minimum atomic E-state index is -0.478. The number of hydrogen-bond donors (Lipinski definition) is 1. The van der Waals surface area contributed by atoms with Crippen molar-refractivity contribution in [1.29, 1.82) is 0 Å². The first-order chi connectivity index (χ1) is 12.2. The molecule has 0 bridgehead atoms. The predicted octanol–water partition coefficient (Wildman–Crippen LogP) is 3.05. The van der Waals surface area contributed by atoms with E-state index < -0.39 is 5.82 Å². The lowest BCUT2D eigenvalue weighted by atomic mass is 9.93. The van der Waals surface area contributed by atoms with Gasteiger partial charge in [-0.1, -0.05) is 30.3 Å². The number of nitrogens with one attached hydrogen (secondary N) is 1. The van der Waals surface area contributed by atoms with Crippen molar-refractivity contribution in [3.63, 3.8) is 0 Å². The average Bonchev–Trinajstić information content (AvgIpc) is 2.64. The van der Waals surface area contributed by atoms with Gasteiger partial charge in [0, 0.05) is 12.5 Å². The van der Waals surface area contributed by atoms with E-state index in [9.17, 15) is 9.18 Å². The second kappa shape index (κ2) is 8.55. The molecule has 0 spiro atoms. The van der Waals surface area contributed by atoms with Crippen molar-refractivity contribution in [3.8, 4) is 6.01 Å². The number of carbonyl (C=O) groups is 1. The van der Waals surface area contributed by atoms with Crippen molar-refractivity contribution < 1.29 is 13.9 Å². The van der Waals surface area contributed by atoms with Crippen LogP contribution in [-0.4, -0.2) is 28.0 Å². The smallest absolute Gasteiger partial charge is 0.316 e. The van der Waals surface area contributed by atoms with Crippen LogP contribution in [0.5, 0.6) is 6.01 Å². The molecule has 1 heterocycles. The largest absolute Gasteiger partial charge is 0.460 e. The molecule has 0 unspecified atom stereocenters. The number of rotatable bonds is 6. The van der Waals surface area contributed by atoms with E-state index in [0.29, 0.717) is 6.42 Å². The van der Waals surface area contributed by atoms with Crippen LogP contribution >= 0.6 is 0 Å². The zero-order valence-electron chi connectivity index (χ0n) is 14.0. The number of benzene rings is 1. The maximum absolute atomic E-state index is 12.8. The molecule has 25 heavy (non-hydrogen) atoms. The van der Waals surface area contributed by atoms with Crippen LogP contribution in [0.15, 0.2) is 42.7 Å². The van der Waals surface area contributed by atoms with E-state index in [1.54, 1.807) is 0 Å². The highest BCUT2D eigenvalue weighted by Crippen LogP contribution is 2.22. The molecule has 0 saturated heterocycles. The molecular weight excluding hydrogens is 321 g/mol. The van der Waals surface area contributed by atoms with Gasteiger partial charge in [-0.3, -0.25) is 4.79 Å². The van der Waals surface area contributed by atoms with Gasteiger partial charge in [0.2, 0.25) is 5.91 Å². The second-order valence-electron chi connectivity index (χ2n) is 6.33. The fourth-order valence-electron chi connectivity index (χ4n) is 3.04. The fourth-order valence-corrected chi connectivity index (χ4v) is 3.04. The van der Waals surface area contributed by atoms with Crippen LogP contribution in [0.2, 0.25) is 0 Å². The van der Waals surface area contributed by atoms with Crippen molar-refractivity contribution in [2.75, 3.05) is 0 Å². The first kappa shape index (κ1) is 17.3. The van der Waals surface area contributed by atoms with E-state index in [-0.39, 0.29) is 24.1 Å². The van der Waals surface area contributed by atoms with Crippen LogP contribution < -0.4 is 10.1 Å². The molecule has 2 aromatic rings. The van der Waals surface area contributed by atoms with Gasteiger partial charge in [0.1, 0.15) is 6.10 Å². The molecule has 1 N–H and O–H groups in total. The Morgan fingerprint density at radius 1 is 1.12 bits per heavy atom. The number of ether oxygens (including phenoxy) is 1. The first-order valence-corrected chi connectivity index (χ1v) is 8.66. The summed E-state index contributed by atoms with van der Waals surface area (Å²) in [4.78, 5) is 19.7. The van der Waals surface area contributed by atoms with Crippen LogP contribution in [0.1, 0.15) is 37.7 Å². The van der Waals surface area contributed by atoms with Gasteiger partial charge in [-0.2, -0.15) is 0 Å². The monoisotopic (exact) mass is 343 g/mol. The molecule has 1 aromatic carbocycles. The van der Waals surface area contributed by atoms with E-state index in [4.69, 9.17) is 4.74 Å². The van der Waals surface area contributed by atoms with Gasteiger partial charge in [-0.05, 0) is 37.7 Å². The number of nitrogens with zero attached hydrogens (tertiary/aromatic N) is 2. The third-order valence-electron chi connectivity index (χ3n) is 4.39. The number of aromatic nitrogens is 2. The molecule has 0 aliphatic heterocycles. The van der Waals surface area contributed by atoms with E-state index in [1.165, 1.54) is 5.56 Å². The standard InChI is InChI=1S/C19H22FN3O2/c20-15-12-21-19(22-13-15)25-17-9-7-16(8-10-17)23-18(24)11-6-14-4-2-1-3-5-14/h1-5,12-13,16-17H,6-11H2,(H,23,24). The Morgan fingerprint density at radius 3 is 2.48 bits per heavy atom. The predicted molar refractivity (Wildman–Crippen MR) is 91.6 cm³/mol. The van der Waals surface area contributed by atoms with Gasteiger partial charge in [0.05, 0.1) is 12.4 Å². The molecule has 1 saturated carbocycles. The molecule has 6 heteroatoms. The van der Waals surface area contributed by atoms with Crippen LogP contribution in [-0.2, 0) is 11.2 Å².